The van der Waals surface area contributed by atoms with Gasteiger partial charge in [-0.1, -0.05) is 27.2 Å². The lowest BCUT2D eigenvalue weighted by molar-refractivity contribution is -0.141. The minimum atomic E-state index is -0.736. The predicted octanol–water partition coefficient (Wildman–Crippen LogP) is 2.43. The quantitative estimate of drug-likeness (QED) is 0.766. The second-order valence-electron chi connectivity index (χ2n) is 5.73. The summed E-state index contributed by atoms with van der Waals surface area (Å²) in [5.74, 6) is -0.00732. The molecule has 0 saturated heterocycles. The third kappa shape index (κ3) is 4.31. The molecule has 0 aromatic rings. The Kier molecular flexibility index (Phi) is 5.63. The topological polar surface area (TPSA) is 66.4 Å². The van der Waals surface area contributed by atoms with E-state index in [4.69, 9.17) is 5.11 Å². The van der Waals surface area contributed by atoms with Crippen LogP contribution in [0, 0.1) is 17.8 Å². The zero-order valence-electron chi connectivity index (χ0n) is 11.6. The molecule has 1 unspecified atom stereocenters. The van der Waals surface area contributed by atoms with E-state index in [1.807, 2.05) is 0 Å². The summed E-state index contributed by atoms with van der Waals surface area (Å²) in [4.78, 5) is 22.7. The highest BCUT2D eigenvalue weighted by atomic mass is 16.4. The van der Waals surface area contributed by atoms with E-state index >= 15 is 0 Å². The third-order valence-corrected chi connectivity index (χ3v) is 4.06. The fourth-order valence-corrected chi connectivity index (χ4v) is 2.71. The molecule has 0 aliphatic heterocycles. The van der Waals surface area contributed by atoms with E-state index in [0.29, 0.717) is 31.1 Å². The average molecular weight is 255 g/mol. The number of aliphatic carboxylic acids is 1. The molecule has 1 saturated carbocycles. The Morgan fingerprint density at radius 1 is 1.33 bits per heavy atom. The standard InChI is InChI=1S/C14H25NO3/c1-4-10(9(2)3)8-13(16)15-12-6-5-11(7-12)14(17)18/h9-12H,4-8H2,1-3H3,(H,15,16)(H,17,18)/t10?,11-,12+/m0/s1. The molecule has 104 valence electrons. The van der Waals surface area contributed by atoms with Crippen LogP contribution in [0.2, 0.25) is 0 Å². The van der Waals surface area contributed by atoms with Crippen molar-refractivity contribution in [3.8, 4) is 0 Å². The third-order valence-electron chi connectivity index (χ3n) is 4.06. The van der Waals surface area contributed by atoms with Gasteiger partial charge in [-0.05, 0) is 31.1 Å². The van der Waals surface area contributed by atoms with Crippen molar-refractivity contribution in [2.24, 2.45) is 17.8 Å². The Morgan fingerprint density at radius 2 is 2.00 bits per heavy atom. The number of amides is 1. The van der Waals surface area contributed by atoms with Gasteiger partial charge in [0.25, 0.3) is 0 Å². The van der Waals surface area contributed by atoms with E-state index in [1.54, 1.807) is 0 Å². The van der Waals surface area contributed by atoms with Gasteiger partial charge in [0.15, 0.2) is 0 Å². The molecule has 0 bridgehead atoms. The molecule has 0 aromatic carbocycles. The molecular weight excluding hydrogens is 230 g/mol. The van der Waals surface area contributed by atoms with Gasteiger partial charge in [0.2, 0.25) is 5.91 Å². The summed E-state index contributed by atoms with van der Waals surface area (Å²) >= 11 is 0. The Hall–Kier alpha value is -1.06. The highest BCUT2D eigenvalue weighted by molar-refractivity contribution is 5.77. The van der Waals surface area contributed by atoms with E-state index in [-0.39, 0.29) is 17.9 Å². The first-order valence-electron chi connectivity index (χ1n) is 6.96. The summed E-state index contributed by atoms with van der Waals surface area (Å²) in [7, 11) is 0. The molecule has 2 N–H and O–H groups in total. The van der Waals surface area contributed by atoms with Crippen LogP contribution in [0.4, 0.5) is 0 Å². The van der Waals surface area contributed by atoms with Gasteiger partial charge in [0.05, 0.1) is 5.92 Å². The Morgan fingerprint density at radius 3 is 2.44 bits per heavy atom. The van der Waals surface area contributed by atoms with Crippen molar-refractivity contribution >= 4 is 11.9 Å². The van der Waals surface area contributed by atoms with Crippen LogP contribution in [0.5, 0.6) is 0 Å². The summed E-state index contributed by atoms with van der Waals surface area (Å²) in [5.41, 5.74) is 0. The SMILES string of the molecule is CCC(CC(=O)N[C@@H]1CC[C@H](C(=O)O)C1)C(C)C. The van der Waals surface area contributed by atoms with Gasteiger partial charge in [-0.2, -0.15) is 0 Å². The van der Waals surface area contributed by atoms with Crippen LogP contribution in [0.15, 0.2) is 0 Å². The zero-order valence-corrected chi connectivity index (χ0v) is 11.6. The van der Waals surface area contributed by atoms with Gasteiger partial charge >= 0.3 is 5.97 Å². The minimum Gasteiger partial charge on any atom is -0.481 e. The monoisotopic (exact) mass is 255 g/mol. The molecule has 4 nitrogen and oxygen atoms in total. The van der Waals surface area contributed by atoms with Gasteiger partial charge in [-0.25, -0.2) is 0 Å². The van der Waals surface area contributed by atoms with Crippen molar-refractivity contribution in [3.63, 3.8) is 0 Å². The normalized spacial score (nSPS) is 25.1. The summed E-state index contributed by atoms with van der Waals surface area (Å²) in [5, 5.41) is 11.9. The zero-order chi connectivity index (χ0) is 13.7. The van der Waals surface area contributed by atoms with E-state index in [1.165, 1.54) is 0 Å². The van der Waals surface area contributed by atoms with Crippen LogP contribution in [0.1, 0.15) is 52.9 Å². The molecule has 1 amide bonds. The highest BCUT2D eigenvalue weighted by Gasteiger charge is 2.30. The van der Waals surface area contributed by atoms with Crippen LogP contribution in [-0.2, 0) is 9.59 Å². The summed E-state index contributed by atoms with van der Waals surface area (Å²) in [6, 6.07) is 0.0586. The lowest BCUT2D eigenvalue weighted by Gasteiger charge is -2.20. The maximum Gasteiger partial charge on any atom is 0.306 e. The fraction of sp³-hybridized carbons (Fsp3) is 0.857. The van der Waals surface area contributed by atoms with Crippen molar-refractivity contribution in [2.75, 3.05) is 0 Å². The molecule has 1 rings (SSSR count). The van der Waals surface area contributed by atoms with Crippen LogP contribution in [0.25, 0.3) is 0 Å². The van der Waals surface area contributed by atoms with Crippen molar-refractivity contribution in [2.45, 2.75) is 58.9 Å². The molecule has 3 atom stereocenters. The summed E-state index contributed by atoms with van der Waals surface area (Å²) in [6.07, 6.45) is 3.62. The van der Waals surface area contributed by atoms with Gasteiger partial charge < -0.3 is 10.4 Å². The number of nitrogens with one attached hydrogen (secondary N) is 1. The second kappa shape index (κ2) is 6.76. The number of hydrogen-bond acceptors (Lipinski definition) is 2. The number of carboxylic acids is 1. The second-order valence-corrected chi connectivity index (χ2v) is 5.73. The van der Waals surface area contributed by atoms with Crippen LogP contribution in [-0.4, -0.2) is 23.0 Å². The Bertz CT molecular complexity index is 301. The molecule has 1 fully saturated rings. The molecule has 4 heteroatoms. The smallest absolute Gasteiger partial charge is 0.306 e. The van der Waals surface area contributed by atoms with Gasteiger partial charge in [0, 0.05) is 12.5 Å². The fourth-order valence-electron chi connectivity index (χ4n) is 2.71. The van der Waals surface area contributed by atoms with Gasteiger partial charge in [-0.15, -0.1) is 0 Å². The van der Waals surface area contributed by atoms with Crippen LogP contribution < -0.4 is 5.32 Å². The number of carbonyl (C=O) groups is 2. The van der Waals surface area contributed by atoms with Gasteiger partial charge in [0.1, 0.15) is 0 Å². The largest absolute Gasteiger partial charge is 0.481 e. The summed E-state index contributed by atoms with van der Waals surface area (Å²) in [6.45, 7) is 6.38. The molecule has 1 aliphatic rings. The van der Waals surface area contributed by atoms with Crippen molar-refractivity contribution < 1.29 is 14.7 Å². The van der Waals surface area contributed by atoms with E-state index in [2.05, 4.69) is 26.1 Å². The van der Waals surface area contributed by atoms with Crippen molar-refractivity contribution in [1.82, 2.24) is 5.32 Å². The highest BCUT2D eigenvalue weighted by Crippen LogP contribution is 2.26. The summed E-state index contributed by atoms with van der Waals surface area (Å²) < 4.78 is 0. The molecule has 0 aromatic heterocycles. The number of carbonyl (C=O) groups excluding carboxylic acids is 1. The Labute approximate surface area is 109 Å². The lowest BCUT2D eigenvalue weighted by Crippen LogP contribution is -2.35. The average Bonchev–Trinajstić information content (AvgIpc) is 2.74. The van der Waals surface area contributed by atoms with Crippen LogP contribution >= 0.6 is 0 Å². The molecular formula is C14H25NO3. The Balaban J connectivity index is 2.35. The van der Waals surface area contributed by atoms with Crippen molar-refractivity contribution in [1.29, 1.82) is 0 Å². The molecule has 1 aliphatic carbocycles. The molecule has 0 heterocycles. The maximum absolute atomic E-state index is 11.9. The van der Waals surface area contributed by atoms with Crippen molar-refractivity contribution in [3.05, 3.63) is 0 Å². The van der Waals surface area contributed by atoms with E-state index in [9.17, 15) is 9.59 Å². The first-order valence-corrected chi connectivity index (χ1v) is 6.96. The minimum absolute atomic E-state index is 0.0586. The molecule has 0 spiro atoms. The number of carboxylic acid groups (broad SMARTS) is 1. The number of hydrogen-bond donors (Lipinski definition) is 2. The van der Waals surface area contributed by atoms with E-state index in [0.717, 1.165) is 12.8 Å². The first-order chi connectivity index (χ1) is 8.43. The molecule has 0 radical (unpaired) electrons. The lowest BCUT2D eigenvalue weighted by atomic mass is 9.90. The van der Waals surface area contributed by atoms with E-state index < -0.39 is 5.97 Å². The van der Waals surface area contributed by atoms with Gasteiger partial charge in [-0.3, -0.25) is 9.59 Å². The molecule has 18 heavy (non-hydrogen) atoms. The first kappa shape index (κ1) is 15.0. The van der Waals surface area contributed by atoms with Crippen LogP contribution in [0.3, 0.4) is 0 Å². The number of rotatable bonds is 6. The maximum atomic E-state index is 11.9. The predicted molar refractivity (Wildman–Crippen MR) is 70.1 cm³/mol.